The van der Waals surface area contributed by atoms with Crippen LogP contribution in [0.5, 0.6) is 5.75 Å². The van der Waals surface area contributed by atoms with E-state index >= 15 is 0 Å². The molecule has 4 rings (SSSR count). The summed E-state index contributed by atoms with van der Waals surface area (Å²) in [5.74, 6) is 1.19. The highest BCUT2D eigenvalue weighted by atomic mass is 35.5. The monoisotopic (exact) mass is 519 g/mol. The fourth-order valence-electron chi connectivity index (χ4n) is 4.13. The summed E-state index contributed by atoms with van der Waals surface area (Å²) < 4.78 is 7.36. The molecule has 0 saturated heterocycles. The van der Waals surface area contributed by atoms with E-state index in [0.29, 0.717) is 44.8 Å². The van der Waals surface area contributed by atoms with Crippen molar-refractivity contribution in [3.05, 3.63) is 39.2 Å². The van der Waals surface area contributed by atoms with Crippen LogP contribution in [0.2, 0.25) is 5.02 Å². The molecule has 1 atom stereocenters. The number of thioether (sulfide) groups is 1. The number of fused-ring (bicyclic) bond motifs is 1. The lowest BCUT2D eigenvalue weighted by molar-refractivity contribution is -0.113. The van der Waals surface area contributed by atoms with Gasteiger partial charge in [-0.2, -0.15) is 0 Å². The third-order valence-electron chi connectivity index (χ3n) is 5.78. The molecule has 8 nitrogen and oxygen atoms in total. The molecule has 0 saturated carbocycles. The Balaban J connectivity index is 1.51. The standard InChI is InChI=1S/C23H26ClN5O3S2/c1-4-29-21(15-10-13(24)6-8-16(15)32-3)27-28-23(29)33-11-18(30)26-22-19(20(25)31)14-7-5-12(2)9-17(14)34-22/h6,8,10,12H,4-5,7,9,11H2,1-3H3,(H2,25,31)(H,26,30). The van der Waals surface area contributed by atoms with Crippen molar-refractivity contribution in [3.8, 4) is 17.1 Å². The van der Waals surface area contributed by atoms with Crippen molar-refractivity contribution >= 4 is 51.5 Å². The van der Waals surface area contributed by atoms with Gasteiger partial charge in [0.2, 0.25) is 5.91 Å². The number of anilines is 1. The summed E-state index contributed by atoms with van der Waals surface area (Å²) in [5.41, 5.74) is 7.83. The van der Waals surface area contributed by atoms with Gasteiger partial charge in [0.05, 0.1) is 24.0 Å². The fraction of sp³-hybridized carbons (Fsp3) is 0.391. The van der Waals surface area contributed by atoms with E-state index in [9.17, 15) is 9.59 Å². The van der Waals surface area contributed by atoms with Crippen LogP contribution in [0.4, 0.5) is 5.00 Å². The van der Waals surface area contributed by atoms with Crippen LogP contribution in [0.3, 0.4) is 0 Å². The van der Waals surface area contributed by atoms with Gasteiger partial charge in [0.25, 0.3) is 5.91 Å². The summed E-state index contributed by atoms with van der Waals surface area (Å²) in [4.78, 5) is 26.1. The van der Waals surface area contributed by atoms with Crippen molar-refractivity contribution in [1.82, 2.24) is 14.8 Å². The van der Waals surface area contributed by atoms with Crippen LogP contribution in [-0.2, 0) is 24.2 Å². The van der Waals surface area contributed by atoms with Gasteiger partial charge < -0.3 is 20.4 Å². The second kappa shape index (κ2) is 10.4. The number of ether oxygens (including phenoxy) is 1. The van der Waals surface area contributed by atoms with Crippen molar-refractivity contribution in [2.45, 2.75) is 44.8 Å². The summed E-state index contributed by atoms with van der Waals surface area (Å²) in [5, 5.41) is 13.2. The Kier molecular flexibility index (Phi) is 7.49. The zero-order valence-electron chi connectivity index (χ0n) is 19.2. The van der Waals surface area contributed by atoms with Crippen LogP contribution in [0.1, 0.15) is 41.1 Å². The number of halogens is 1. The molecule has 0 aliphatic heterocycles. The van der Waals surface area contributed by atoms with E-state index in [-0.39, 0.29) is 11.7 Å². The van der Waals surface area contributed by atoms with E-state index in [0.717, 1.165) is 35.3 Å². The summed E-state index contributed by atoms with van der Waals surface area (Å²) >= 11 is 8.91. The zero-order valence-corrected chi connectivity index (χ0v) is 21.6. The Morgan fingerprint density at radius 1 is 1.38 bits per heavy atom. The van der Waals surface area contributed by atoms with Gasteiger partial charge in [-0.25, -0.2) is 0 Å². The molecular formula is C23H26ClN5O3S2. The second-order valence-electron chi connectivity index (χ2n) is 8.15. The largest absolute Gasteiger partial charge is 0.496 e. The number of amides is 2. The predicted octanol–water partition coefficient (Wildman–Crippen LogP) is 4.64. The van der Waals surface area contributed by atoms with Gasteiger partial charge in [-0.1, -0.05) is 30.3 Å². The zero-order chi connectivity index (χ0) is 24.4. The number of hydrogen-bond donors (Lipinski definition) is 2. The third-order valence-corrected chi connectivity index (χ3v) is 8.15. The Labute approximate surface area is 211 Å². The molecule has 0 spiro atoms. The van der Waals surface area contributed by atoms with Gasteiger partial charge in [0.15, 0.2) is 11.0 Å². The first kappa shape index (κ1) is 24.6. The minimum absolute atomic E-state index is 0.113. The number of thiophene rings is 1. The first-order valence-electron chi connectivity index (χ1n) is 11.0. The Hall–Kier alpha value is -2.56. The average molecular weight is 520 g/mol. The van der Waals surface area contributed by atoms with E-state index in [4.69, 9.17) is 22.1 Å². The van der Waals surface area contributed by atoms with E-state index in [2.05, 4.69) is 22.4 Å². The molecule has 2 amide bonds. The maximum absolute atomic E-state index is 12.8. The van der Waals surface area contributed by atoms with Gasteiger partial charge in [-0.05, 0) is 55.9 Å². The number of hydrogen-bond acceptors (Lipinski definition) is 7. The van der Waals surface area contributed by atoms with E-state index in [1.165, 1.54) is 23.1 Å². The van der Waals surface area contributed by atoms with E-state index < -0.39 is 5.91 Å². The fourth-order valence-corrected chi connectivity index (χ4v) is 6.53. The molecule has 180 valence electrons. The van der Waals surface area contributed by atoms with Crippen LogP contribution in [0.15, 0.2) is 23.4 Å². The van der Waals surface area contributed by atoms with Gasteiger partial charge >= 0.3 is 0 Å². The second-order valence-corrected chi connectivity index (χ2v) is 10.6. The molecule has 0 fully saturated rings. The molecule has 11 heteroatoms. The van der Waals surface area contributed by atoms with Crippen molar-refractivity contribution in [2.24, 2.45) is 11.7 Å². The van der Waals surface area contributed by atoms with Crippen molar-refractivity contribution in [3.63, 3.8) is 0 Å². The summed E-state index contributed by atoms with van der Waals surface area (Å²) in [6.07, 6.45) is 2.73. The van der Waals surface area contributed by atoms with Crippen LogP contribution < -0.4 is 15.8 Å². The van der Waals surface area contributed by atoms with Gasteiger partial charge in [-0.3, -0.25) is 9.59 Å². The van der Waals surface area contributed by atoms with E-state index in [1.807, 2.05) is 11.5 Å². The van der Waals surface area contributed by atoms with Crippen molar-refractivity contribution in [1.29, 1.82) is 0 Å². The number of nitrogens with one attached hydrogen (secondary N) is 1. The molecule has 1 unspecified atom stereocenters. The summed E-state index contributed by atoms with van der Waals surface area (Å²) in [7, 11) is 1.59. The number of aromatic nitrogens is 3. The molecule has 1 aliphatic carbocycles. The van der Waals surface area contributed by atoms with Gasteiger partial charge in [0.1, 0.15) is 10.8 Å². The number of carbonyl (C=O) groups excluding carboxylic acids is 2. The average Bonchev–Trinajstić information content (AvgIpc) is 3.37. The SMILES string of the molecule is CCn1c(SCC(=O)Nc2sc3c(c2C(N)=O)CCC(C)C3)nnc1-c1cc(Cl)ccc1OC. The number of nitrogens with zero attached hydrogens (tertiary/aromatic N) is 3. The Morgan fingerprint density at radius 2 is 2.18 bits per heavy atom. The molecule has 3 N–H and O–H groups in total. The Bertz CT molecular complexity index is 1240. The number of primary amides is 1. The molecule has 2 heterocycles. The quantitative estimate of drug-likeness (QED) is 0.419. The van der Waals surface area contributed by atoms with Crippen LogP contribution in [-0.4, -0.2) is 39.4 Å². The molecular weight excluding hydrogens is 494 g/mol. The molecule has 2 aromatic heterocycles. The summed E-state index contributed by atoms with van der Waals surface area (Å²) in [6.45, 7) is 4.77. The predicted molar refractivity (Wildman–Crippen MR) is 136 cm³/mol. The smallest absolute Gasteiger partial charge is 0.251 e. The maximum atomic E-state index is 12.8. The van der Waals surface area contributed by atoms with Gasteiger partial charge in [-0.15, -0.1) is 21.5 Å². The van der Waals surface area contributed by atoms with Crippen LogP contribution in [0, 0.1) is 5.92 Å². The lowest BCUT2D eigenvalue weighted by Crippen LogP contribution is -2.20. The lowest BCUT2D eigenvalue weighted by atomic mass is 9.88. The third kappa shape index (κ3) is 4.94. The number of rotatable bonds is 8. The number of benzene rings is 1. The molecule has 1 aliphatic rings. The van der Waals surface area contributed by atoms with Crippen LogP contribution >= 0.6 is 34.7 Å². The highest BCUT2D eigenvalue weighted by Gasteiger charge is 2.27. The number of methoxy groups -OCH3 is 1. The molecule has 0 bridgehead atoms. The van der Waals surface area contributed by atoms with Gasteiger partial charge in [0, 0.05) is 16.4 Å². The summed E-state index contributed by atoms with van der Waals surface area (Å²) in [6, 6.07) is 5.31. The highest BCUT2D eigenvalue weighted by molar-refractivity contribution is 7.99. The maximum Gasteiger partial charge on any atom is 0.251 e. The number of nitrogens with two attached hydrogens (primary N) is 1. The van der Waals surface area contributed by atoms with Crippen molar-refractivity contribution < 1.29 is 14.3 Å². The molecule has 1 aromatic carbocycles. The van der Waals surface area contributed by atoms with E-state index in [1.54, 1.807) is 25.3 Å². The first-order chi connectivity index (χ1) is 16.3. The topological polar surface area (TPSA) is 112 Å². The minimum atomic E-state index is -0.499. The highest BCUT2D eigenvalue weighted by Crippen LogP contribution is 2.39. The molecule has 34 heavy (non-hydrogen) atoms. The first-order valence-corrected chi connectivity index (χ1v) is 13.1. The minimum Gasteiger partial charge on any atom is -0.496 e. The molecule has 0 radical (unpaired) electrons. The lowest BCUT2D eigenvalue weighted by Gasteiger charge is -2.18. The normalized spacial score (nSPS) is 15.1. The molecule has 3 aromatic rings. The Morgan fingerprint density at radius 3 is 2.88 bits per heavy atom. The number of carbonyl (C=O) groups is 2. The van der Waals surface area contributed by atoms with Crippen molar-refractivity contribution in [2.75, 3.05) is 18.2 Å². The van der Waals surface area contributed by atoms with Crippen LogP contribution in [0.25, 0.3) is 11.4 Å².